The second kappa shape index (κ2) is 5.60. The molecule has 0 saturated carbocycles. The van der Waals surface area contributed by atoms with Crippen molar-refractivity contribution >= 4 is 17.6 Å². The topological polar surface area (TPSA) is 70.7 Å². The van der Waals surface area contributed by atoms with Gasteiger partial charge < -0.3 is 15.4 Å². The zero-order valence-electron chi connectivity index (χ0n) is 11.0. The molecule has 19 heavy (non-hydrogen) atoms. The molecule has 3 amide bonds. The summed E-state index contributed by atoms with van der Waals surface area (Å²) in [5.74, 6) is 0.547. The van der Waals surface area contributed by atoms with E-state index in [1.165, 1.54) is 4.90 Å². The van der Waals surface area contributed by atoms with Gasteiger partial charge in [0, 0.05) is 13.1 Å². The predicted octanol–water partition coefficient (Wildman–Crippen LogP) is 0.967. The third-order valence-electron chi connectivity index (χ3n) is 2.94. The van der Waals surface area contributed by atoms with Gasteiger partial charge in [-0.3, -0.25) is 9.69 Å². The number of methoxy groups -OCH3 is 1. The van der Waals surface area contributed by atoms with Crippen LogP contribution in [0.2, 0.25) is 0 Å². The Kier molecular flexibility index (Phi) is 3.89. The minimum Gasteiger partial charge on any atom is -0.495 e. The van der Waals surface area contributed by atoms with Crippen LogP contribution in [0.5, 0.6) is 5.75 Å². The smallest absolute Gasteiger partial charge is 0.324 e. The quantitative estimate of drug-likeness (QED) is 0.776. The highest BCUT2D eigenvalue weighted by Crippen LogP contribution is 2.24. The van der Waals surface area contributed by atoms with Gasteiger partial charge in [0.2, 0.25) is 5.91 Å². The van der Waals surface area contributed by atoms with E-state index in [0.717, 1.165) is 17.0 Å². The van der Waals surface area contributed by atoms with E-state index in [-0.39, 0.29) is 18.5 Å². The van der Waals surface area contributed by atoms with Crippen molar-refractivity contribution in [1.82, 2.24) is 10.2 Å². The van der Waals surface area contributed by atoms with Gasteiger partial charge in [-0.2, -0.15) is 0 Å². The molecule has 1 aromatic carbocycles. The third kappa shape index (κ3) is 2.96. The van der Waals surface area contributed by atoms with Crippen LogP contribution in [0.3, 0.4) is 0 Å². The molecule has 102 valence electrons. The van der Waals surface area contributed by atoms with E-state index < -0.39 is 0 Å². The first-order valence-electron chi connectivity index (χ1n) is 6.08. The van der Waals surface area contributed by atoms with Gasteiger partial charge in [0.15, 0.2) is 0 Å². The Morgan fingerprint density at radius 3 is 2.84 bits per heavy atom. The summed E-state index contributed by atoms with van der Waals surface area (Å²) in [7, 11) is 1.60. The number of hydrogen-bond donors (Lipinski definition) is 2. The zero-order valence-corrected chi connectivity index (χ0v) is 11.0. The SMILES string of the molecule is COc1ccc(C)cc1NCCN1C(=O)CNC1=O. The van der Waals surface area contributed by atoms with Crippen molar-refractivity contribution in [3.8, 4) is 5.75 Å². The summed E-state index contributed by atoms with van der Waals surface area (Å²) >= 11 is 0. The van der Waals surface area contributed by atoms with Crippen molar-refractivity contribution in [2.24, 2.45) is 0 Å². The molecule has 0 unspecified atom stereocenters. The van der Waals surface area contributed by atoms with E-state index >= 15 is 0 Å². The summed E-state index contributed by atoms with van der Waals surface area (Å²) in [6.07, 6.45) is 0. The fourth-order valence-electron chi connectivity index (χ4n) is 1.94. The van der Waals surface area contributed by atoms with Crippen LogP contribution in [-0.4, -0.2) is 43.6 Å². The number of nitrogens with one attached hydrogen (secondary N) is 2. The molecule has 2 rings (SSSR count). The lowest BCUT2D eigenvalue weighted by atomic mass is 10.2. The maximum Gasteiger partial charge on any atom is 0.324 e. The monoisotopic (exact) mass is 263 g/mol. The molecule has 6 nitrogen and oxygen atoms in total. The number of imide groups is 1. The average molecular weight is 263 g/mol. The Morgan fingerprint density at radius 2 is 2.21 bits per heavy atom. The first-order chi connectivity index (χ1) is 9.11. The van der Waals surface area contributed by atoms with Gasteiger partial charge >= 0.3 is 6.03 Å². The third-order valence-corrected chi connectivity index (χ3v) is 2.94. The number of rotatable bonds is 5. The highest BCUT2D eigenvalue weighted by molar-refractivity contribution is 6.01. The summed E-state index contributed by atoms with van der Waals surface area (Å²) < 4.78 is 5.24. The summed E-state index contributed by atoms with van der Waals surface area (Å²) in [6, 6.07) is 5.47. The van der Waals surface area contributed by atoms with Gasteiger partial charge in [-0.15, -0.1) is 0 Å². The molecule has 1 fully saturated rings. The van der Waals surface area contributed by atoms with Gasteiger partial charge in [-0.05, 0) is 24.6 Å². The Morgan fingerprint density at radius 1 is 1.42 bits per heavy atom. The summed E-state index contributed by atoms with van der Waals surface area (Å²) in [5, 5.41) is 5.66. The number of carbonyl (C=O) groups is 2. The molecule has 0 atom stereocenters. The second-order valence-electron chi connectivity index (χ2n) is 4.33. The number of ether oxygens (including phenoxy) is 1. The van der Waals surface area contributed by atoms with E-state index in [2.05, 4.69) is 10.6 Å². The molecule has 1 heterocycles. The summed E-state index contributed by atoms with van der Waals surface area (Å²) in [5.41, 5.74) is 1.97. The molecule has 1 aliphatic rings. The Bertz CT molecular complexity index is 486. The minimum atomic E-state index is -0.331. The number of benzene rings is 1. The maximum atomic E-state index is 11.4. The largest absolute Gasteiger partial charge is 0.495 e. The van der Waals surface area contributed by atoms with Crippen LogP contribution >= 0.6 is 0 Å². The lowest BCUT2D eigenvalue weighted by molar-refractivity contribution is -0.124. The summed E-state index contributed by atoms with van der Waals surface area (Å²) in [4.78, 5) is 23.9. The number of urea groups is 1. The molecule has 0 spiro atoms. The number of hydrogen-bond acceptors (Lipinski definition) is 4. The van der Waals surface area contributed by atoms with Gasteiger partial charge in [-0.25, -0.2) is 4.79 Å². The van der Waals surface area contributed by atoms with E-state index in [1.54, 1.807) is 7.11 Å². The lowest BCUT2D eigenvalue weighted by Crippen LogP contribution is -2.35. The molecule has 0 bridgehead atoms. The fourth-order valence-corrected chi connectivity index (χ4v) is 1.94. The molecule has 0 radical (unpaired) electrons. The molecule has 2 N–H and O–H groups in total. The molecule has 1 aliphatic heterocycles. The van der Waals surface area contributed by atoms with Gasteiger partial charge in [0.25, 0.3) is 0 Å². The predicted molar refractivity (Wildman–Crippen MR) is 71.3 cm³/mol. The lowest BCUT2D eigenvalue weighted by Gasteiger charge is -2.15. The fraction of sp³-hybridized carbons (Fsp3) is 0.385. The summed E-state index contributed by atoms with van der Waals surface area (Å²) in [6.45, 7) is 2.90. The van der Waals surface area contributed by atoms with Crippen LogP contribution in [0.25, 0.3) is 0 Å². The van der Waals surface area contributed by atoms with Crippen molar-refractivity contribution in [2.75, 3.05) is 32.1 Å². The molecular formula is C13H17N3O3. The van der Waals surface area contributed by atoms with Crippen molar-refractivity contribution in [3.63, 3.8) is 0 Å². The van der Waals surface area contributed by atoms with Crippen LogP contribution in [0, 0.1) is 6.92 Å². The van der Waals surface area contributed by atoms with Crippen molar-refractivity contribution < 1.29 is 14.3 Å². The first kappa shape index (κ1) is 13.2. The highest BCUT2D eigenvalue weighted by atomic mass is 16.5. The first-order valence-corrected chi connectivity index (χ1v) is 6.08. The van der Waals surface area contributed by atoms with Crippen molar-refractivity contribution in [3.05, 3.63) is 23.8 Å². The highest BCUT2D eigenvalue weighted by Gasteiger charge is 2.27. The Labute approximate surface area is 111 Å². The van der Waals surface area contributed by atoms with E-state index in [1.807, 2.05) is 25.1 Å². The second-order valence-corrected chi connectivity index (χ2v) is 4.33. The van der Waals surface area contributed by atoms with Crippen molar-refractivity contribution in [1.29, 1.82) is 0 Å². The van der Waals surface area contributed by atoms with E-state index in [0.29, 0.717) is 13.1 Å². The normalized spacial score (nSPS) is 14.5. The van der Waals surface area contributed by atoms with Crippen LogP contribution < -0.4 is 15.4 Å². The zero-order chi connectivity index (χ0) is 13.8. The van der Waals surface area contributed by atoms with Crippen LogP contribution in [-0.2, 0) is 4.79 Å². The Balaban J connectivity index is 1.94. The number of anilines is 1. The van der Waals surface area contributed by atoms with Gasteiger partial charge in [0.05, 0.1) is 19.3 Å². The molecule has 1 aromatic rings. The average Bonchev–Trinajstić information content (AvgIpc) is 2.70. The van der Waals surface area contributed by atoms with Gasteiger partial charge in [0.1, 0.15) is 5.75 Å². The number of amides is 3. The maximum absolute atomic E-state index is 11.4. The van der Waals surface area contributed by atoms with Crippen LogP contribution in [0.15, 0.2) is 18.2 Å². The number of aryl methyl sites for hydroxylation is 1. The minimum absolute atomic E-state index is 0.0899. The number of nitrogens with zero attached hydrogens (tertiary/aromatic N) is 1. The molecule has 6 heteroatoms. The van der Waals surface area contributed by atoms with Gasteiger partial charge in [-0.1, -0.05) is 6.07 Å². The molecule has 0 aliphatic carbocycles. The standard InChI is InChI=1S/C13H17N3O3/c1-9-3-4-11(19-2)10(7-9)14-5-6-16-12(17)8-15-13(16)18/h3-4,7,14H,5-6,8H2,1-2H3,(H,15,18). The van der Waals surface area contributed by atoms with Crippen molar-refractivity contribution in [2.45, 2.75) is 6.92 Å². The molecule has 1 saturated heterocycles. The number of carbonyl (C=O) groups excluding carboxylic acids is 2. The van der Waals surface area contributed by atoms with Crippen LogP contribution in [0.1, 0.15) is 5.56 Å². The molecule has 0 aromatic heterocycles. The molecular weight excluding hydrogens is 246 g/mol. The van der Waals surface area contributed by atoms with E-state index in [9.17, 15) is 9.59 Å². The van der Waals surface area contributed by atoms with Crippen LogP contribution in [0.4, 0.5) is 10.5 Å². The van der Waals surface area contributed by atoms with E-state index in [4.69, 9.17) is 4.74 Å². The Hall–Kier alpha value is -2.24.